The molecule has 6 heteroatoms. The lowest BCUT2D eigenvalue weighted by Crippen LogP contribution is -2.30. The normalized spacial score (nSPS) is 20.9. The van der Waals surface area contributed by atoms with E-state index in [9.17, 15) is 13.2 Å². The zero-order valence-corrected chi connectivity index (χ0v) is 12.4. The lowest BCUT2D eigenvalue weighted by molar-refractivity contribution is 0.0696. The average Bonchev–Trinajstić information content (AvgIpc) is 2.71. The summed E-state index contributed by atoms with van der Waals surface area (Å²) in [5, 5.41) is 10.3. The fourth-order valence-electron chi connectivity index (χ4n) is 2.95. The summed E-state index contributed by atoms with van der Waals surface area (Å²) in [5.41, 5.74) is 1.42. The summed E-state index contributed by atoms with van der Waals surface area (Å²) >= 11 is 0. The Balaban J connectivity index is 1.93. The molecular formula is C15H17NO4S. The van der Waals surface area contributed by atoms with Crippen LogP contribution in [0.2, 0.25) is 0 Å². The minimum Gasteiger partial charge on any atom is -0.478 e. The number of sulfone groups is 1. The number of carboxylic acid groups (broad SMARTS) is 1. The molecule has 5 nitrogen and oxygen atoms in total. The van der Waals surface area contributed by atoms with Crippen molar-refractivity contribution in [1.82, 2.24) is 4.90 Å². The van der Waals surface area contributed by atoms with Gasteiger partial charge < -0.3 is 5.11 Å². The first-order valence-corrected chi connectivity index (χ1v) is 8.58. The second-order valence-electron chi connectivity index (χ2n) is 5.54. The molecule has 1 aromatic rings. The molecule has 1 saturated heterocycles. The number of aromatic carboxylic acids is 1. The highest BCUT2D eigenvalue weighted by atomic mass is 32.2. The Kier molecular flexibility index (Phi) is 3.59. The molecule has 2 aliphatic rings. The lowest BCUT2D eigenvalue weighted by Gasteiger charge is -2.26. The van der Waals surface area contributed by atoms with Crippen LogP contribution in [-0.2, 0) is 9.84 Å². The number of fused-ring (bicyclic) bond motifs is 1. The number of benzene rings is 1. The molecule has 1 aromatic carbocycles. The molecule has 1 fully saturated rings. The molecule has 0 saturated carbocycles. The van der Waals surface area contributed by atoms with E-state index in [-0.39, 0.29) is 10.5 Å². The zero-order valence-electron chi connectivity index (χ0n) is 11.6. The van der Waals surface area contributed by atoms with E-state index >= 15 is 0 Å². The van der Waals surface area contributed by atoms with Crippen LogP contribution in [-0.4, -0.2) is 44.0 Å². The van der Waals surface area contributed by atoms with Crippen molar-refractivity contribution in [3.63, 3.8) is 0 Å². The molecule has 0 atom stereocenters. The van der Waals surface area contributed by atoms with E-state index in [1.165, 1.54) is 24.0 Å². The van der Waals surface area contributed by atoms with Crippen molar-refractivity contribution in [3.8, 4) is 0 Å². The minimum absolute atomic E-state index is 0.00458. The monoisotopic (exact) mass is 307 g/mol. The standard InChI is InChI=1S/C15H17NO4S/c17-15(18)11-4-5-13-12(9-16-6-2-1-3-7-16)10-21(19,20)14(13)8-11/h4-5,8,10H,1-3,6-7,9H2,(H,17,18). The molecule has 0 spiro atoms. The summed E-state index contributed by atoms with van der Waals surface area (Å²) in [6.45, 7) is 2.58. The van der Waals surface area contributed by atoms with Crippen molar-refractivity contribution in [2.75, 3.05) is 19.6 Å². The van der Waals surface area contributed by atoms with Gasteiger partial charge in [-0.15, -0.1) is 0 Å². The number of hydrogen-bond donors (Lipinski definition) is 1. The van der Waals surface area contributed by atoms with E-state index in [4.69, 9.17) is 5.11 Å². The van der Waals surface area contributed by atoms with Crippen LogP contribution in [0.15, 0.2) is 28.5 Å². The molecular weight excluding hydrogens is 290 g/mol. The number of nitrogens with zero attached hydrogens (tertiary/aromatic N) is 1. The van der Waals surface area contributed by atoms with Crippen LogP contribution in [0.5, 0.6) is 0 Å². The fraction of sp³-hybridized carbons (Fsp3) is 0.400. The third-order valence-electron chi connectivity index (χ3n) is 4.02. The van der Waals surface area contributed by atoms with Gasteiger partial charge in [-0.2, -0.15) is 0 Å². The molecule has 0 bridgehead atoms. The van der Waals surface area contributed by atoms with Gasteiger partial charge in [0.05, 0.1) is 10.5 Å². The number of hydrogen-bond acceptors (Lipinski definition) is 4. The third-order valence-corrected chi connectivity index (χ3v) is 5.57. The Bertz CT molecular complexity index is 715. The summed E-state index contributed by atoms with van der Waals surface area (Å²) in [7, 11) is -3.51. The van der Waals surface area contributed by atoms with Gasteiger partial charge in [-0.25, -0.2) is 13.2 Å². The molecule has 112 valence electrons. The highest BCUT2D eigenvalue weighted by Crippen LogP contribution is 2.34. The van der Waals surface area contributed by atoms with Gasteiger partial charge in [-0.05, 0) is 49.2 Å². The predicted octanol–water partition coefficient (Wildman–Crippen LogP) is 2.00. The van der Waals surface area contributed by atoms with Crippen molar-refractivity contribution in [2.45, 2.75) is 24.2 Å². The molecule has 0 amide bonds. The highest BCUT2D eigenvalue weighted by molar-refractivity contribution is 7.95. The van der Waals surface area contributed by atoms with Crippen molar-refractivity contribution in [1.29, 1.82) is 0 Å². The Hall–Kier alpha value is -1.66. The number of carbonyl (C=O) groups is 1. The number of carboxylic acids is 1. The van der Waals surface area contributed by atoms with E-state index < -0.39 is 15.8 Å². The number of piperidine rings is 1. The SMILES string of the molecule is O=C(O)c1ccc2c(c1)S(=O)(=O)C=C2CN1CCCCC1. The topological polar surface area (TPSA) is 74.7 Å². The second-order valence-corrected chi connectivity index (χ2v) is 7.31. The van der Waals surface area contributed by atoms with Crippen molar-refractivity contribution in [3.05, 3.63) is 34.7 Å². The maximum atomic E-state index is 12.2. The first-order chi connectivity index (χ1) is 9.97. The van der Waals surface area contributed by atoms with Crippen LogP contribution in [0.25, 0.3) is 5.57 Å². The quantitative estimate of drug-likeness (QED) is 0.924. The number of rotatable bonds is 3. The smallest absolute Gasteiger partial charge is 0.335 e. The first kappa shape index (κ1) is 14.3. The predicted molar refractivity (Wildman–Crippen MR) is 78.9 cm³/mol. The van der Waals surface area contributed by atoms with Crippen molar-refractivity contribution >= 4 is 21.4 Å². The van der Waals surface area contributed by atoms with Gasteiger partial charge in [0.15, 0.2) is 0 Å². The van der Waals surface area contributed by atoms with E-state index in [1.54, 1.807) is 6.07 Å². The van der Waals surface area contributed by atoms with Crippen LogP contribution in [0.3, 0.4) is 0 Å². The molecule has 0 unspecified atom stereocenters. The van der Waals surface area contributed by atoms with E-state index in [0.717, 1.165) is 31.5 Å². The molecule has 1 N–H and O–H groups in total. The van der Waals surface area contributed by atoms with E-state index in [2.05, 4.69) is 4.90 Å². The fourth-order valence-corrected chi connectivity index (χ4v) is 4.45. The Morgan fingerprint density at radius 2 is 1.90 bits per heavy atom. The Morgan fingerprint density at radius 3 is 2.57 bits per heavy atom. The number of likely N-dealkylation sites (tertiary alicyclic amines) is 1. The van der Waals surface area contributed by atoms with Crippen molar-refractivity contribution < 1.29 is 18.3 Å². The molecule has 21 heavy (non-hydrogen) atoms. The molecule has 2 heterocycles. The lowest BCUT2D eigenvalue weighted by atomic mass is 10.0. The summed E-state index contributed by atoms with van der Waals surface area (Å²) in [5.74, 6) is -1.11. The Labute approximate surface area is 123 Å². The van der Waals surface area contributed by atoms with Gasteiger partial charge in [0, 0.05) is 12.0 Å². The summed E-state index contributed by atoms with van der Waals surface area (Å²) in [4.78, 5) is 13.4. The minimum atomic E-state index is -3.51. The van der Waals surface area contributed by atoms with Crippen LogP contribution < -0.4 is 0 Å². The molecule has 2 aliphatic heterocycles. The largest absolute Gasteiger partial charge is 0.478 e. The van der Waals surface area contributed by atoms with Crippen LogP contribution in [0, 0.1) is 0 Å². The van der Waals surface area contributed by atoms with Gasteiger partial charge in [0.2, 0.25) is 9.84 Å². The van der Waals surface area contributed by atoms with Crippen LogP contribution >= 0.6 is 0 Å². The van der Waals surface area contributed by atoms with Gasteiger partial charge in [0.25, 0.3) is 0 Å². The average molecular weight is 307 g/mol. The molecule has 0 radical (unpaired) electrons. The maximum Gasteiger partial charge on any atom is 0.335 e. The van der Waals surface area contributed by atoms with E-state index in [0.29, 0.717) is 12.1 Å². The summed E-state index contributed by atoms with van der Waals surface area (Å²) in [6, 6.07) is 4.33. The molecule has 0 aliphatic carbocycles. The van der Waals surface area contributed by atoms with Gasteiger partial charge in [0.1, 0.15) is 0 Å². The summed E-state index contributed by atoms with van der Waals surface area (Å²) in [6.07, 6.45) is 3.52. The first-order valence-electron chi connectivity index (χ1n) is 7.03. The van der Waals surface area contributed by atoms with Gasteiger partial charge >= 0.3 is 5.97 Å². The van der Waals surface area contributed by atoms with Crippen molar-refractivity contribution in [2.24, 2.45) is 0 Å². The van der Waals surface area contributed by atoms with Crippen LogP contribution in [0.4, 0.5) is 0 Å². The zero-order chi connectivity index (χ0) is 15.0. The molecule has 3 rings (SSSR count). The second kappa shape index (κ2) is 5.27. The maximum absolute atomic E-state index is 12.2. The summed E-state index contributed by atoms with van der Waals surface area (Å²) < 4.78 is 24.4. The highest BCUT2D eigenvalue weighted by Gasteiger charge is 2.29. The Morgan fingerprint density at radius 1 is 1.19 bits per heavy atom. The van der Waals surface area contributed by atoms with Gasteiger partial charge in [-0.3, -0.25) is 4.90 Å². The molecule has 0 aromatic heterocycles. The van der Waals surface area contributed by atoms with E-state index in [1.807, 2.05) is 0 Å². The van der Waals surface area contributed by atoms with Crippen LogP contribution in [0.1, 0.15) is 35.2 Å². The van der Waals surface area contributed by atoms with Gasteiger partial charge in [-0.1, -0.05) is 12.5 Å². The third kappa shape index (κ3) is 2.73.